The average molecular weight is 462 g/mol. The first kappa shape index (κ1) is 18.3. The van der Waals surface area contributed by atoms with Gasteiger partial charge in [0.2, 0.25) is 0 Å². The molecule has 24 heavy (non-hydrogen) atoms. The number of methoxy groups -OCH3 is 1. The number of hydrogen-bond donors (Lipinski definition) is 2. The van der Waals surface area contributed by atoms with Crippen molar-refractivity contribution in [1.82, 2.24) is 0 Å². The monoisotopic (exact) mass is 461 g/mol. The highest BCUT2D eigenvalue weighted by Gasteiger charge is 2.16. The van der Waals surface area contributed by atoms with Gasteiger partial charge >= 0.3 is 5.97 Å². The SMILES string of the molecule is COc1ccc(Cl)cc1NC(=O)COC(=O)c1cc(I)ccc1O. The van der Waals surface area contributed by atoms with E-state index in [0.717, 1.165) is 3.57 Å². The summed E-state index contributed by atoms with van der Waals surface area (Å²) in [5.41, 5.74) is 0.359. The molecule has 0 atom stereocenters. The van der Waals surface area contributed by atoms with E-state index in [-0.39, 0.29) is 11.3 Å². The highest BCUT2D eigenvalue weighted by molar-refractivity contribution is 14.1. The number of halogens is 2. The van der Waals surface area contributed by atoms with Gasteiger partial charge in [0.25, 0.3) is 5.91 Å². The summed E-state index contributed by atoms with van der Waals surface area (Å²) in [5.74, 6) is -1.14. The fourth-order valence-corrected chi connectivity index (χ4v) is 2.51. The molecule has 8 heteroatoms. The summed E-state index contributed by atoms with van der Waals surface area (Å²) in [6.07, 6.45) is 0. The Bertz CT molecular complexity index is 781. The van der Waals surface area contributed by atoms with Gasteiger partial charge in [0.15, 0.2) is 6.61 Å². The number of phenolic OH excluding ortho intramolecular Hbond substituents is 1. The Morgan fingerprint density at radius 2 is 2.00 bits per heavy atom. The van der Waals surface area contributed by atoms with E-state index in [1.54, 1.807) is 18.2 Å². The van der Waals surface area contributed by atoms with E-state index in [2.05, 4.69) is 5.32 Å². The number of nitrogens with one attached hydrogen (secondary N) is 1. The molecule has 0 aromatic heterocycles. The van der Waals surface area contributed by atoms with Crippen molar-refractivity contribution in [3.05, 3.63) is 50.6 Å². The van der Waals surface area contributed by atoms with Crippen LogP contribution in [0.3, 0.4) is 0 Å². The Balaban J connectivity index is 2.00. The lowest BCUT2D eigenvalue weighted by atomic mass is 10.2. The van der Waals surface area contributed by atoms with E-state index >= 15 is 0 Å². The van der Waals surface area contributed by atoms with Crippen molar-refractivity contribution >= 4 is 51.8 Å². The van der Waals surface area contributed by atoms with Crippen LogP contribution < -0.4 is 10.1 Å². The van der Waals surface area contributed by atoms with Gasteiger partial charge in [0.05, 0.1) is 12.8 Å². The van der Waals surface area contributed by atoms with Crippen LogP contribution in [0.4, 0.5) is 5.69 Å². The van der Waals surface area contributed by atoms with E-state index in [1.165, 1.54) is 25.3 Å². The van der Waals surface area contributed by atoms with Crippen molar-refractivity contribution in [2.75, 3.05) is 19.0 Å². The van der Waals surface area contributed by atoms with Crippen LogP contribution in [0.1, 0.15) is 10.4 Å². The lowest BCUT2D eigenvalue weighted by Gasteiger charge is -2.11. The summed E-state index contributed by atoms with van der Waals surface area (Å²) < 4.78 is 10.8. The third kappa shape index (κ3) is 4.75. The number of anilines is 1. The minimum absolute atomic E-state index is 0.00460. The van der Waals surface area contributed by atoms with Crippen LogP contribution in [0.5, 0.6) is 11.5 Å². The topological polar surface area (TPSA) is 84.9 Å². The maximum absolute atomic E-state index is 11.9. The van der Waals surface area contributed by atoms with Crippen molar-refractivity contribution in [2.45, 2.75) is 0 Å². The number of carbonyl (C=O) groups is 2. The molecule has 2 aromatic rings. The number of esters is 1. The minimum atomic E-state index is -0.792. The molecule has 0 aliphatic heterocycles. The fourth-order valence-electron chi connectivity index (χ4n) is 1.84. The molecule has 0 bridgehead atoms. The molecule has 0 spiro atoms. The Morgan fingerprint density at radius 3 is 2.71 bits per heavy atom. The van der Waals surface area contributed by atoms with Crippen molar-refractivity contribution in [3.63, 3.8) is 0 Å². The molecule has 0 saturated carbocycles. The number of rotatable bonds is 5. The fraction of sp³-hybridized carbons (Fsp3) is 0.125. The normalized spacial score (nSPS) is 10.1. The van der Waals surface area contributed by atoms with E-state index in [0.29, 0.717) is 16.5 Å². The molecule has 1 amide bonds. The predicted octanol–water partition coefficient (Wildman–Crippen LogP) is 3.45. The molecule has 2 N–H and O–H groups in total. The van der Waals surface area contributed by atoms with E-state index < -0.39 is 18.5 Å². The molecular weight excluding hydrogens is 449 g/mol. The third-order valence-corrected chi connectivity index (χ3v) is 3.85. The summed E-state index contributed by atoms with van der Waals surface area (Å²) in [7, 11) is 1.46. The molecule has 2 rings (SSSR count). The van der Waals surface area contributed by atoms with Crippen molar-refractivity contribution in [1.29, 1.82) is 0 Å². The van der Waals surface area contributed by atoms with E-state index in [9.17, 15) is 14.7 Å². The van der Waals surface area contributed by atoms with Gasteiger partial charge in [-0.15, -0.1) is 0 Å². The standard InChI is InChI=1S/C16H13ClINO5/c1-23-14-5-2-9(17)6-12(14)19-15(21)8-24-16(22)11-7-10(18)3-4-13(11)20/h2-7,20H,8H2,1H3,(H,19,21). The molecule has 0 fully saturated rings. The number of phenols is 1. The van der Waals surface area contributed by atoms with Gasteiger partial charge in [-0.05, 0) is 59.0 Å². The van der Waals surface area contributed by atoms with Gasteiger partial charge in [-0.1, -0.05) is 11.6 Å². The lowest BCUT2D eigenvalue weighted by Crippen LogP contribution is -2.21. The van der Waals surface area contributed by atoms with Crippen LogP contribution in [0.2, 0.25) is 5.02 Å². The number of carbonyl (C=O) groups excluding carboxylic acids is 2. The van der Waals surface area contributed by atoms with Gasteiger partial charge in [0.1, 0.15) is 17.1 Å². The highest BCUT2D eigenvalue weighted by Crippen LogP contribution is 2.27. The van der Waals surface area contributed by atoms with Crippen LogP contribution in [-0.4, -0.2) is 30.7 Å². The van der Waals surface area contributed by atoms with Crippen molar-refractivity contribution in [3.8, 4) is 11.5 Å². The lowest BCUT2D eigenvalue weighted by molar-refractivity contribution is -0.119. The Kier molecular flexibility index (Phi) is 6.27. The molecular formula is C16H13ClINO5. The minimum Gasteiger partial charge on any atom is -0.507 e. The summed E-state index contributed by atoms with van der Waals surface area (Å²) >= 11 is 7.87. The number of ether oxygens (including phenoxy) is 2. The molecule has 0 aliphatic rings. The van der Waals surface area contributed by atoms with Crippen LogP contribution in [0.25, 0.3) is 0 Å². The molecule has 0 radical (unpaired) electrons. The number of aromatic hydroxyl groups is 1. The largest absolute Gasteiger partial charge is 0.507 e. The summed E-state index contributed by atoms with van der Waals surface area (Å²) in [6, 6.07) is 9.24. The second kappa shape index (κ2) is 8.20. The van der Waals surface area contributed by atoms with Crippen LogP contribution in [-0.2, 0) is 9.53 Å². The van der Waals surface area contributed by atoms with Gasteiger partial charge in [-0.3, -0.25) is 4.79 Å². The zero-order valence-electron chi connectivity index (χ0n) is 12.5. The zero-order chi connectivity index (χ0) is 17.7. The molecule has 6 nitrogen and oxygen atoms in total. The summed E-state index contributed by atoms with van der Waals surface area (Å²) in [6.45, 7) is -0.514. The highest BCUT2D eigenvalue weighted by atomic mass is 127. The van der Waals surface area contributed by atoms with Crippen molar-refractivity contribution in [2.24, 2.45) is 0 Å². The van der Waals surface area contributed by atoms with E-state index in [1.807, 2.05) is 22.6 Å². The average Bonchev–Trinajstić information content (AvgIpc) is 2.55. The molecule has 2 aromatic carbocycles. The number of amides is 1. The van der Waals surface area contributed by atoms with Gasteiger partial charge in [-0.2, -0.15) is 0 Å². The predicted molar refractivity (Wildman–Crippen MR) is 97.7 cm³/mol. The summed E-state index contributed by atoms with van der Waals surface area (Å²) in [4.78, 5) is 23.9. The smallest absolute Gasteiger partial charge is 0.342 e. The first-order chi connectivity index (χ1) is 11.4. The van der Waals surface area contributed by atoms with E-state index in [4.69, 9.17) is 21.1 Å². The molecule has 0 saturated heterocycles. The van der Waals surface area contributed by atoms with Crippen molar-refractivity contribution < 1.29 is 24.2 Å². The molecule has 0 unspecified atom stereocenters. The second-order valence-electron chi connectivity index (χ2n) is 4.63. The van der Waals surface area contributed by atoms with Crippen LogP contribution in [0.15, 0.2) is 36.4 Å². The Morgan fingerprint density at radius 1 is 1.25 bits per heavy atom. The quantitative estimate of drug-likeness (QED) is 0.526. The third-order valence-electron chi connectivity index (χ3n) is 2.95. The van der Waals surface area contributed by atoms with Gasteiger partial charge < -0.3 is 19.9 Å². The first-order valence-electron chi connectivity index (χ1n) is 6.69. The van der Waals surface area contributed by atoms with Gasteiger partial charge in [0, 0.05) is 8.59 Å². The molecule has 0 aliphatic carbocycles. The Labute approximate surface area is 156 Å². The maximum atomic E-state index is 11.9. The van der Waals surface area contributed by atoms with Crippen LogP contribution >= 0.6 is 34.2 Å². The molecule has 126 valence electrons. The molecule has 0 heterocycles. The first-order valence-corrected chi connectivity index (χ1v) is 8.15. The number of benzene rings is 2. The van der Waals surface area contributed by atoms with Gasteiger partial charge in [-0.25, -0.2) is 4.79 Å². The zero-order valence-corrected chi connectivity index (χ0v) is 15.4. The maximum Gasteiger partial charge on any atom is 0.342 e. The second-order valence-corrected chi connectivity index (χ2v) is 6.31. The Hall–Kier alpha value is -2.00. The summed E-state index contributed by atoms with van der Waals surface area (Å²) in [5, 5.41) is 12.6. The number of hydrogen-bond acceptors (Lipinski definition) is 5. The van der Waals surface area contributed by atoms with Crippen LogP contribution in [0, 0.1) is 3.57 Å².